The average molecular weight is 291 g/mol. The van der Waals surface area contributed by atoms with Crippen molar-refractivity contribution in [2.45, 2.75) is 19.5 Å². The number of halogens is 2. The number of fused-ring (bicyclic) bond motifs is 1. The molecule has 0 aliphatic carbocycles. The van der Waals surface area contributed by atoms with Crippen molar-refractivity contribution in [2.24, 2.45) is 0 Å². The van der Waals surface area contributed by atoms with Gasteiger partial charge in [0, 0.05) is 30.9 Å². The smallest absolute Gasteiger partial charge is 0.146 e. The van der Waals surface area contributed by atoms with E-state index >= 15 is 0 Å². The lowest BCUT2D eigenvalue weighted by molar-refractivity contribution is 0.242. The number of hydrogen-bond acceptors (Lipinski definition) is 2. The van der Waals surface area contributed by atoms with E-state index in [1.165, 1.54) is 11.1 Å². The van der Waals surface area contributed by atoms with E-state index in [1.54, 1.807) is 18.2 Å². The SMILES string of the molecule is Nc1ccc2c(c1)CN(Cc1cccc(Cl)c1F)CC2. The summed E-state index contributed by atoms with van der Waals surface area (Å²) >= 11 is 5.82. The molecule has 0 saturated carbocycles. The Kier molecular flexibility index (Phi) is 3.64. The topological polar surface area (TPSA) is 29.3 Å². The first-order valence-electron chi connectivity index (χ1n) is 6.66. The Morgan fingerprint density at radius 1 is 1.20 bits per heavy atom. The van der Waals surface area contributed by atoms with E-state index in [-0.39, 0.29) is 10.8 Å². The van der Waals surface area contributed by atoms with Gasteiger partial charge in [0.15, 0.2) is 0 Å². The molecule has 4 heteroatoms. The van der Waals surface area contributed by atoms with Crippen LogP contribution in [0.3, 0.4) is 0 Å². The molecule has 0 amide bonds. The maximum Gasteiger partial charge on any atom is 0.146 e. The predicted octanol–water partition coefficient (Wildman–Crippen LogP) is 3.62. The molecule has 0 saturated heterocycles. The molecule has 2 N–H and O–H groups in total. The summed E-state index contributed by atoms with van der Waals surface area (Å²) in [6.45, 7) is 2.29. The molecule has 104 valence electrons. The minimum atomic E-state index is -0.312. The molecule has 0 bridgehead atoms. The van der Waals surface area contributed by atoms with Gasteiger partial charge in [-0.1, -0.05) is 29.8 Å². The Hall–Kier alpha value is -1.58. The van der Waals surface area contributed by atoms with Crippen LogP contribution in [0.15, 0.2) is 36.4 Å². The molecule has 1 heterocycles. The lowest BCUT2D eigenvalue weighted by Gasteiger charge is -2.29. The highest BCUT2D eigenvalue weighted by Crippen LogP contribution is 2.24. The zero-order valence-electron chi connectivity index (χ0n) is 11.1. The maximum absolute atomic E-state index is 13.9. The lowest BCUT2D eigenvalue weighted by Crippen LogP contribution is -2.30. The zero-order valence-corrected chi connectivity index (χ0v) is 11.8. The molecule has 20 heavy (non-hydrogen) atoms. The van der Waals surface area contributed by atoms with Crippen LogP contribution in [0.5, 0.6) is 0 Å². The fraction of sp³-hybridized carbons (Fsp3) is 0.250. The second kappa shape index (κ2) is 5.43. The number of nitrogen functional groups attached to an aromatic ring is 1. The Morgan fingerprint density at radius 3 is 2.90 bits per heavy atom. The maximum atomic E-state index is 13.9. The van der Waals surface area contributed by atoms with Crippen LogP contribution < -0.4 is 5.73 Å². The monoisotopic (exact) mass is 290 g/mol. The highest BCUT2D eigenvalue weighted by molar-refractivity contribution is 6.30. The van der Waals surface area contributed by atoms with Crippen molar-refractivity contribution in [1.82, 2.24) is 4.90 Å². The number of anilines is 1. The van der Waals surface area contributed by atoms with E-state index in [0.29, 0.717) is 12.1 Å². The van der Waals surface area contributed by atoms with E-state index in [4.69, 9.17) is 17.3 Å². The van der Waals surface area contributed by atoms with E-state index in [0.717, 1.165) is 25.2 Å². The molecular weight excluding hydrogens is 275 g/mol. The van der Waals surface area contributed by atoms with E-state index < -0.39 is 0 Å². The molecule has 0 unspecified atom stereocenters. The van der Waals surface area contributed by atoms with Gasteiger partial charge in [0.05, 0.1) is 5.02 Å². The van der Waals surface area contributed by atoms with Gasteiger partial charge in [-0.05, 0) is 35.7 Å². The molecule has 1 aliphatic rings. The van der Waals surface area contributed by atoms with E-state index in [9.17, 15) is 4.39 Å². The number of hydrogen-bond donors (Lipinski definition) is 1. The summed E-state index contributed by atoms with van der Waals surface area (Å²) in [6, 6.07) is 11.2. The van der Waals surface area contributed by atoms with Gasteiger partial charge in [-0.25, -0.2) is 4.39 Å². The lowest BCUT2D eigenvalue weighted by atomic mass is 9.98. The van der Waals surface area contributed by atoms with Gasteiger partial charge in [-0.15, -0.1) is 0 Å². The van der Waals surface area contributed by atoms with Crippen LogP contribution in [0, 0.1) is 5.82 Å². The Balaban J connectivity index is 1.79. The standard InChI is InChI=1S/C16H16ClFN2/c17-15-3-1-2-12(16(15)18)9-20-7-6-11-4-5-14(19)8-13(11)10-20/h1-5,8H,6-7,9-10,19H2. The van der Waals surface area contributed by atoms with Crippen LogP contribution in [0.2, 0.25) is 5.02 Å². The van der Waals surface area contributed by atoms with Gasteiger partial charge in [-0.3, -0.25) is 4.90 Å². The Bertz CT molecular complexity index is 642. The molecule has 0 spiro atoms. The second-order valence-electron chi connectivity index (χ2n) is 5.20. The van der Waals surface area contributed by atoms with Crippen LogP contribution in [0.1, 0.15) is 16.7 Å². The number of nitrogens with zero attached hydrogens (tertiary/aromatic N) is 1. The van der Waals surface area contributed by atoms with Crippen molar-refractivity contribution >= 4 is 17.3 Å². The summed E-state index contributed by atoms with van der Waals surface area (Å²) in [5.74, 6) is -0.312. The van der Waals surface area contributed by atoms with Crippen molar-refractivity contribution in [3.8, 4) is 0 Å². The molecule has 0 radical (unpaired) electrons. The molecular formula is C16H16ClFN2. The van der Waals surface area contributed by atoms with Crippen molar-refractivity contribution < 1.29 is 4.39 Å². The summed E-state index contributed by atoms with van der Waals surface area (Å²) in [6.07, 6.45) is 0.970. The Labute approximate surface area is 123 Å². The third kappa shape index (κ3) is 2.65. The predicted molar refractivity (Wildman–Crippen MR) is 80.1 cm³/mol. The molecule has 0 fully saturated rings. The minimum Gasteiger partial charge on any atom is -0.399 e. The van der Waals surface area contributed by atoms with Gasteiger partial charge in [0.1, 0.15) is 5.82 Å². The highest BCUT2D eigenvalue weighted by Gasteiger charge is 2.18. The van der Waals surface area contributed by atoms with E-state index in [1.807, 2.05) is 12.1 Å². The first-order valence-corrected chi connectivity index (χ1v) is 7.04. The van der Waals surface area contributed by atoms with Gasteiger partial charge in [0.2, 0.25) is 0 Å². The zero-order chi connectivity index (χ0) is 14.1. The quantitative estimate of drug-likeness (QED) is 0.856. The molecule has 0 atom stereocenters. The molecule has 2 aromatic rings. The summed E-state index contributed by atoms with van der Waals surface area (Å²) in [4.78, 5) is 2.22. The molecule has 0 aromatic heterocycles. The van der Waals surface area contributed by atoms with Crippen LogP contribution in [-0.2, 0) is 19.5 Å². The summed E-state index contributed by atoms with van der Waals surface area (Å²) in [5.41, 5.74) is 9.82. The molecule has 1 aliphatic heterocycles. The van der Waals surface area contributed by atoms with Gasteiger partial charge in [0.25, 0.3) is 0 Å². The molecule has 3 rings (SSSR count). The van der Waals surface area contributed by atoms with Crippen LogP contribution in [-0.4, -0.2) is 11.4 Å². The van der Waals surface area contributed by atoms with E-state index in [2.05, 4.69) is 11.0 Å². The second-order valence-corrected chi connectivity index (χ2v) is 5.61. The minimum absolute atomic E-state index is 0.184. The van der Waals surface area contributed by atoms with Crippen molar-refractivity contribution in [1.29, 1.82) is 0 Å². The van der Waals surface area contributed by atoms with Crippen molar-refractivity contribution in [2.75, 3.05) is 12.3 Å². The van der Waals surface area contributed by atoms with Crippen LogP contribution in [0.4, 0.5) is 10.1 Å². The highest BCUT2D eigenvalue weighted by atomic mass is 35.5. The summed E-state index contributed by atoms with van der Waals surface area (Å²) in [7, 11) is 0. The normalized spacial score (nSPS) is 15.1. The number of rotatable bonds is 2. The van der Waals surface area contributed by atoms with Gasteiger partial charge in [-0.2, -0.15) is 0 Å². The molecule has 2 aromatic carbocycles. The summed E-state index contributed by atoms with van der Waals surface area (Å²) < 4.78 is 13.9. The van der Waals surface area contributed by atoms with Crippen LogP contribution in [0.25, 0.3) is 0 Å². The summed E-state index contributed by atoms with van der Waals surface area (Å²) in [5, 5.41) is 0.184. The first-order chi connectivity index (χ1) is 9.63. The Morgan fingerprint density at radius 2 is 2.05 bits per heavy atom. The van der Waals surface area contributed by atoms with Gasteiger partial charge < -0.3 is 5.73 Å². The molecule has 2 nitrogen and oxygen atoms in total. The van der Waals surface area contributed by atoms with Crippen LogP contribution >= 0.6 is 11.6 Å². The third-order valence-corrected chi connectivity index (χ3v) is 4.04. The third-order valence-electron chi connectivity index (χ3n) is 3.75. The average Bonchev–Trinajstić information content (AvgIpc) is 2.43. The number of nitrogens with two attached hydrogens (primary N) is 1. The van der Waals surface area contributed by atoms with Gasteiger partial charge >= 0.3 is 0 Å². The largest absolute Gasteiger partial charge is 0.399 e. The van der Waals surface area contributed by atoms with Crippen molar-refractivity contribution in [3.63, 3.8) is 0 Å². The first kappa shape index (κ1) is 13.4. The fourth-order valence-electron chi connectivity index (χ4n) is 2.68. The fourth-order valence-corrected chi connectivity index (χ4v) is 2.88. The van der Waals surface area contributed by atoms with Crippen molar-refractivity contribution in [3.05, 3.63) is 63.9 Å². The number of benzene rings is 2.